The van der Waals surface area contributed by atoms with Crippen molar-refractivity contribution < 1.29 is 4.79 Å². The number of alkyl halides is 1. The van der Waals surface area contributed by atoms with Gasteiger partial charge in [-0.3, -0.25) is 9.48 Å². The van der Waals surface area contributed by atoms with Crippen LogP contribution in [0.1, 0.15) is 36.8 Å². The van der Waals surface area contributed by atoms with E-state index in [0.717, 1.165) is 5.69 Å². The molecule has 0 saturated heterocycles. The second kappa shape index (κ2) is 3.73. The van der Waals surface area contributed by atoms with Gasteiger partial charge in [0, 0.05) is 18.7 Å². The van der Waals surface area contributed by atoms with E-state index in [2.05, 4.69) is 5.10 Å². The van der Waals surface area contributed by atoms with E-state index in [-0.39, 0.29) is 17.1 Å². The van der Waals surface area contributed by atoms with Crippen LogP contribution in [0.25, 0.3) is 0 Å². The number of carbonyl (C=O) groups is 1. The number of hydrogen-bond donors (Lipinski definition) is 0. The van der Waals surface area contributed by atoms with E-state index in [1.165, 1.54) is 0 Å². The summed E-state index contributed by atoms with van der Waals surface area (Å²) >= 11 is 5.53. The van der Waals surface area contributed by atoms with Crippen LogP contribution in [0.5, 0.6) is 0 Å². The fraction of sp³-hybridized carbons (Fsp3) is 0.600. The molecule has 0 aliphatic carbocycles. The van der Waals surface area contributed by atoms with Crippen LogP contribution in [0.4, 0.5) is 0 Å². The number of halogens is 1. The lowest BCUT2D eigenvalue weighted by molar-refractivity contribution is 0.101. The minimum absolute atomic E-state index is 0.00870. The highest BCUT2D eigenvalue weighted by Crippen LogP contribution is 2.24. The zero-order chi connectivity index (χ0) is 10.9. The Kier molecular flexibility index (Phi) is 3.00. The van der Waals surface area contributed by atoms with Gasteiger partial charge in [-0.25, -0.2) is 0 Å². The van der Waals surface area contributed by atoms with Gasteiger partial charge in [0.2, 0.25) is 0 Å². The van der Waals surface area contributed by atoms with Crippen LogP contribution in [0, 0.1) is 0 Å². The lowest BCUT2D eigenvalue weighted by atomic mass is 9.89. The average molecular weight is 215 g/mol. The summed E-state index contributed by atoms with van der Waals surface area (Å²) in [5.74, 6) is -0.0564. The van der Waals surface area contributed by atoms with Crippen molar-refractivity contribution in [2.75, 3.05) is 5.88 Å². The van der Waals surface area contributed by atoms with Gasteiger partial charge in [-0.2, -0.15) is 5.10 Å². The van der Waals surface area contributed by atoms with Gasteiger partial charge in [0.05, 0.1) is 17.1 Å². The normalized spacial score (nSPS) is 11.8. The first-order valence-corrected chi connectivity index (χ1v) is 5.03. The monoisotopic (exact) mass is 214 g/mol. The first-order chi connectivity index (χ1) is 6.36. The SMILES string of the molecule is Cn1cc(C(=O)CCl)c(C(C)(C)C)n1. The third-order valence-corrected chi connectivity index (χ3v) is 2.20. The van der Waals surface area contributed by atoms with Gasteiger partial charge in [0.25, 0.3) is 0 Å². The Bertz CT molecular complexity index is 349. The van der Waals surface area contributed by atoms with E-state index >= 15 is 0 Å². The molecule has 1 aromatic heterocycles. The summed E-state index contributed by atoms with van der Waals surface area (Å²) in [7, 11) is 1.81. The Morgan fingerprint density at radius 3 is 2.57 bits per heavy atom. The van der Waals surface area contributed by atoms with Crippen molar-refractivity contribution in [2.24, 2.45) is 7.05 Å². The summed E-state index contributed by atoms with van der Waals surface area (Å²) in [6, 6.07) is 0. The lowest BCUT2D eigenvalue weighted by Crippen LogP contribution is -2.17. The molecule has 3 nitrogen and oxygen atoms in total. The number of aromatic nitrogens is 2. The summed E-state index contributed by atoms with van der Waals surface area (Å²) in [6.45, 7) is 6.08. The Morgan fingerprint density at radius 2 is 2.14 bits per heavy atom. The molecule has 0 N–H and O–H groups in total. The topological polar surface area (TPSA) is 34.9 Å². The van der Waals surface area contributed by atoms with Crippen molar-refractivity contribution in [3.05, 3.63) is 17.5 Å². The number of hydrogen-bond acceptors (Lipinski definition) is 2. The van der Waals surface area contributed by atoms with Gasteiger partial charge in [-0.05, 0) is 0 Å². The van der Waals surface area contributed by atoms with Crippen molar-refractivity contribution in [3.8, 4) is 0 Å². The maximum Gasteiger partial charge on any atom is 0.181 e. The summed E-state index contributed by atoms with van der Waals surface area (Å²) < 4.78 is 1.65. The van der Waals surface area contributed by atoms with E-state index in [4.69, 9.17) is 11.6 Å². The highest BCUT2D eigenvalue weighted by molar-refractivity contribution is 6.30. The summed E-state index contributed by atoms with van der Waals surface area (Å²) in [4.78, 5) is 11.5. The second-order valence-electron chi connectivity index (χ2n) is 4.37. The van der Waals surface area contributed by atoms with Gasteiger partial charge in [0.15, 0.2) is 5.78 Å². The molecule has 78 valence electrons. The number of Topliss-reactive ketones (excluding diaryl/α,β-unsaturated/α-hetero) is 1. The predicted octanol–water partition coefficient (Wildman–Crippen LogP) is 2.14. The van der Waals surface area contributed by atoms with Gasteiger partial charge < -0.3 is 0 Å². The number of aryl methyl sites for hydroxylation is 1. The van der Waals surface area contributed by atoms with Crippen LogP contribution in [-0.2, 0) is 12.5 Å². The van der Waals surface area contributed by atoms with Crippen molar-refractivity contribution in [1.29, 1.82) is 0 Å². The average Bonchev–Trinajstić information content (AvgIpc) is 2.45. The first kappa shape index (κ1) is 11.2. The van der Waals surface area contributed by atoms with Crippen LogP contribution in [0.15, 0.2) is 6.20 Å². The second-order valence-corrected chi connectivity index (χ2v) is 4.64. The molecule has 0 aromatic carbocycles. The molecule has 0 radical (unpaired) electrons. The highest BCUT2D eigenvalue weighted by Gasteiger charge is 2.24. The van der Waals surface area contributed by atoms with Crippen LogP contribution >= 0.6 is 11.6 Å². The van der Waals surface area contributed by atoms with E-state index in [1.54, 1.807) is 17.9 Å². The maximum atomic E-state index is 11.5. The summed E-state index contributed by atoms with van der Waals surface area (Å²) in [6.07, 6.45) is 1.73. The van der Waals surface area contributed by atoms with Crippen LogP contribution in [0.3, 0.4) is 0 Å². The molecule has 1 heterocycles. The van der Waals surface area contributed by atoms with E-state index in [1.807, 2.05) is 20.8 Å². The molecule has 0 aliphatic heterocycles. The molecule has 0 bridgehead atoms. The molecule has 1 rings (SSSR count). The quantitative estimate of drug-likeness (QED) is 0.559. The molecular weight excluding hydrogens is 200 g/mol. The molecule has 0 amide bonds. The molecule has 0 fully saturated rings. The largest absolute Gasteiger partial charge is 0.293 e. The lowest BCUT2D eigenvalue weighted by Gasteiger charge is -2.16. The van der Waals surface area contributed by atoms with Crippen molar-refractivity contribution >= 4 is 17.4 Å². The van der Waals surface area contributed by atoms with Gasteiger partial charge in [0.1, 0.15) is 0 Å². The van der Waals surface area contributed by atoms with Gasteiger partial charge >= 0.3 is 0 Å². The van der Waals surface area contributed by atoms with Gasteiger partial charge in [-0.1, -0.05) is 20.8 Å². The van der Waals surface area contributed by atoms with E-state index in [0.29, 0.717) is 5.56 Å². The third kappa shape index (κ3) is 2.15. The van der Waals surface area contributed by atoms with Gasteiger partial charge in [-0.15, -0.1) is 11.6 Å². The predicted molar refractivity (Wildman–Crippen MR) is 57.0 cm³/mol. The fourth-order valence-electron chi connectivity index (χ4n) is 1.32. The molecule has 0 saturated carbocycles. The molecule has 1 aromatic rings. The standard InChI is InChI=1S/C10H15ClN2O/c1-10(2,3)9-7(8(14)5-11)6-13(4)12-9/h6H,5H2,1-4H3. The highest BCUT2D eigenvalue weighted by atomic mass is 35.5. The van der Waals surface area contributed by atoms with Crippen LogP contribution in [0.2, 0.25) is 0 Å². The van der Waals surface area contributed by atoms with E-state index in [9.17, 15) is 4.79 Å². The Morgan fingerprint density at radius 1 is 1.57 bits per heavy atom. The fourth-order valence-corrected chi connectivity index (χ4v) is 1.46. The van der Waals surface area contributed by atoms with Crippen molar-refractivity contribution in [2.45, 2.75) is 26.2 Å². The molecule has 0 aliphatic rings. The Hall–Kier alpha value is -0.830. The number of ketones is 1. The number of nitrogens with zero attached hydrogens (tertiary/aromatic N) is 2. The molecule has 14 heavy (non-hydrogen) atoms. The minimum Gasteiger partial charge on any atom is -0.293 e. The van der Waals surface area contributed by atoms with E-state index < -0.39 is 0 Å². The first-order valence-electron chi connectivity index (χ1n) is 4.49. The smallest absolute Gasteiger partial charge is 0.181 e. The number of carbonyl (C=O) groups excluding carboxylic acids is 1. The summed E-state index contributed by atoms with van der Waals surface area (Å²) in [5, 5.41) is 4.29. The third-order valence-electron chi connectivity index (χ3n) is 1.96. The minimum atomic E-state index is -0.127. The number of rotatable bonds is 2. The zero-order valence-electron chi connectivity index (χ0n) is 8.97. The van der Waals surface area contributed by atoms with Crippen LogP contribution in [-0.4, -0.2) is 21.4 Å². The molecule has 0 unspecified atom stereocenters. The van der Waals surface area contributed by atoms with Crippen LogP contribution < -0.4 is 0 Å². The molecule has 0 atom stereocenters. The van der Waals surface area contributed by atoms with Crippen molar-refractivity contribution in [3.63, 3.8) is 0 Å². The van der Waals surface area contributed by atoms with Crippen molar-refractivity contribution in [1.82, 2.24) is 9.78 Å². The molecular formula is C10H15ClN2O. The maximum absolute atomic E-state index is 11.5. The molecule has 0 spiro atoms. The Labute approximate surface area is 89.1 Å². The molecule has 4 heteroatoms. The Balaban J connectivity index is 3.23. The zero-order valence-corrected chi connectivity index (χ0v) is 9.72. The summed E-state index contributed by atoms with van der Waals surface area (Å²) in [5.41, 5.74) is 1.32.